The van der Waals surface area contributed by atoms with Crippen LogP contribution in [0.25, 0.3) is 0 Å². The zero-order chi connectivity index (χ0) is 14.5. The van der Waals surface area contributed by atoms with Gasteiger partial charge in [0.15, 0.2) is 6.10 Å². The predicted molar refractivity (Wildman–Crippen MR) is 72.4 cm³/mol. The predicted octanol–water partition coefficient (Wildman–Crippen LogP) is 1.71. The number of methoxy groups -OCH3 is 1. The summed E-state index contributed by atoms with van der Waals surface area (Å²) in [6, 6.07) is 9.63. The maximum Gasteiger partial charge on any atom is 0.335 e. The van der Waals surface area contributed by atoms with Crippen LogP contribution < -0.4 is 0 Å². The molecule has 110 valence electrons. The van der Waals surface area contributed by atoms with Crippen LogP contribution in [0, 0.1) is 5.92 Å². The highest BCUT2D eigenvalue weighted by atomic mass is 16.6. The summed E-state index contributed by atoms with van der Waals surface area (Å²) >= 11 is 0. The van der Waals surface area contributed by atoms with Gasteiger partial charge in [0.25, 0.3) is 0 Å². The summed E-state index contributed by atoms with van der Waals surface area (Å²) in [5.41, 5.74) is 0.990. The molecule has 1 saturated heterocycles. The Morgan fingerprint density at radius 3 is 2.65 bits per heavy atom. The van der Waals surface area contributed by atoms with E-state index in [0.717, 1.165) is 5.56 Å². The van der Waals surface area contributed by atoms with E-state index >= 15 is 0 Å². The average molecular weight is 280 g/mol. The van der Waals surface area contributed by atoms with E-state index < -0.39 is 18.2 Å². The molecule has 1 aromatic carbocycles. The van der Waals surface area contributed by atoms with Crippen molar-refractivity contribution in [1.29, 1.82) is 0 Å². The lowest BCUT2D eigenvalue weighted by molar-refractivity contribution is -0.207. The van der Waals surface area contributed by atoms with Gasteiger partial charge in [-0.2, -0.15) is 0 Å². The zero-order valence-corrected chi connectivity index (χ0v) is 11.7. The fourth-order valence-electron chi connectivity index (χ4n) is 2.47. The van der Waals surface area contributed by atoms with E-state index in [-0.39, 0.29) is 12.0 Å². The fraction of sp³-hybridized carbons (Fsp3) is 0.533. The van der Waals surface area contributed by atoms with E-state index in [2.05, 4.69) is 0 Å². The molecule has 0 bridgehead atoms. The Kier molecular flexibility index (Phi) is 5.11. The smallest absolute Gasteiger partial charge is 0.335 e. The molecule has 0 aliphatic carbocycles. The molecule has 2 rings (SSSR count). The van der Waals surface area contributed by atoms with Gasteiger partial charge in [0.05, 0.1) is 19.3 Å². The SMILES string of the molecule is CO[C@@H]1[C@@H](OCc2ccccc2)[C@H](C(=O)O)OC[C@@H]1C. The molecule has 1 aliphatic heterocycles. The summed E-state index contributed by atoms with van der Waals surface area (Å²) in [6.07, 6.45) is -1.88. The molecule has 0 aromatic heterocycles. The quantitative estimate of drug-likeness (QED) is 0.889. The van der Waals surface area contributed by atoms with Crippen molar-refractivity contribution in [2.75, 3.05) is 13.7 Å². The first kappa shape index (κ1) is 15.0. The van der Waals surface area contributed by atoms with Crippen molar-refractivity contribution < 1.29 is 24.1 Å². The molecule has 0 radical (unpaired) electrons. The van der Waals surface area contributed by atoms with E-state index in [1.165, 1.54) is 0 Å². The maximum atomic E-state index is 11.3. The monoisotopic (exact) mass is 280 g/mol. The van der Waals surface area contributed by atoms with Gasteiger partial charge < -0.3 is 19.3 Å². The lowest BCUT2D eigenvalue weighted by Crippen LogP contribution is -2.54. The van der Waals surface area contributed by atoms with Crippen LogP contribution in [0.4, 0.5) is 0 Å². The molecular weight excluding hydrogens is 260 g/mol. The van der Waals surface area contributed by atoms with Crippen LogP contribution in [0.2, 0.25) is 0 Å². The Morgan fingerprint density at radius 2 is 2.05 bits per heavy atom. The summed E-state index contributed by atoms with van der Waals surface area (Å²) in [5.74, 6) is -0.923. The lowest BCUT2D eigenvalue weighted by atomic mass is 9.93. The fourth-order valence-corrected chi connectivity index (χ4v) is 2.47. The minimum atomic E-state index is -1.02. The first-order valence-corrected chi connectivity index (χ1v) is 6.66. The van der Waals surface area contributed by atoms with E-state index in [9.17, 15) is 9.90 Å². The molecule has 0 unspecified atom stereocenters. The van der Waals surface area contributed by atoms with Crippen molar-refractivity contribution in [2.24, 2.45) is 5.92 Å². The summed E-state index contributed by atoms with van der Waals surface area (Å²) in [6.45, 7) is 2.66. The van der Waals surface area contributed by atoms with Gasteiger partial charge in [0.1, 0.15) is 6.10 Å². The van der Waals surface area contributed by atoms with Crippen LogP contribution in [0.1, 0.15) is 12.5 Å². The summed E-state index contributed by atoms with van der Waals surface area (Å²) in [7, 11) is 1.57. The first-order valence-electron chi connectivity index (χ1n) is 6.66. The largest absolute Gasteiger partial charge is 0.479 e. The van der Waals surface area contributed by atoms with E-state index in [1.54, 1.807) is 7.11 Å². The van der Waals surface area contributed by atoms with E-state index in [1.807, 2.05) is 37.3 Å². The molecule has 0 spiro atoms. The topological polar surface area (TPSA) is 65.0 Å². The van der Waals surface area contributed by atoms with Crippen LogP contribution in [0.5, 0.6) is 0 Å². The number of benzene rings is 1. The van der Waals surface area contributed by atoms with Crippen LogP contribution >= 0.6 is 0 Å². The molecule has 1 N–H and O–H groups in total. The molecule has 5 nitrogen and oxygen atoms in total. The summed E-state index contributed by atoms with van der Waals surface area (Å²) in [4.78, 5) is 11.3. The molecular formula is C15H20O5. The Morgan fingerprint density at radius 1 is 1.35 bits per heavy atom. The Hall–Kier alpha value is -1.43. The second kappa shape index (κ2) is 6.83. The number of hydrogen-bond acceptors (Lipinski definition) is 4. The maximum absolute atomic E-state index is 11.3. The third-order valence-corrected chi connectivity index (χ3v) is 3.52. The number of carbonyl (C=O) groups is 1. The highest BCUT2D eigenvalue weighted by molar-refractivity contribution is 5.73. The van der Waals surface area contributed by atoms with Crippen LogP contribution in [-0.4, -0.2) is 43.1 Å². The molecule has 20 heavy (non-hydrogen) atoms. The number of carboxylic acids is 1. The van der Waals surface area contributed by atoms with Gasteiger partial charge in [-0.1, -0.05) is 37.3 Å². The van der Waals surface area contributed by atoms with Crippen LogP contribution in [-0.2, 0) is 25.6 Å². The van der Waals surface area contributed by atoms with Gasteiger partial charge in [0.2, 0.25) is 0 Å². The van der Waals surface area contributed by atoms with Crippen molar-refractivity contribution in [2.45, 2.75) is 31.8 Å². The minimum absolute atomic E-state index is 0.0939. The van der Waals surface area contributed by atoms with Gasteiger partial charge in [-0.05, 0) is 5.56 Å². The Bertz CT molecular complexity index is 433. The minimum Gasteiger partial charge on any atom is -0.479 e. The lowest BCUT2D eigenvalue weighted by Gasteiger charge is -2.38. The van der Waals surface area contributed by atoms with Gasteiger partial charge in [0, 0.05) is 13.0 Å². The Labute approximate surface area is 118 Å². The molecule has 5 heteroatoms. The normalized spacial score (nSPS) is 30.1. The van der Waals surface area contributed by atoms with Crippen molar-refractivity contribution in [1.82, 2.24) is 0 Å². The van der Waals surface area contributed by atoms with E-state index in [4.69, 9.17) is 14.2 Å². The molecule has 4 atom stereocenters. The molecule has 0 saturated carbocycles. The zero-order valence-electron chi connectivity index (χ0n) is 11.7. The average Bonchev–Trinajstić information content (AvgIpc) is 2.45. The van der Waals surface area contributed by atoms with Crippen molar-refractivity contribution in [3.8, 4) is 0 Å². The molecule has 1 aliphatic rings. The van der Waals surface area contributed by atoms with Crippen molar-refractivity contribution in [3.05, 3.63) is 35.9 Å². The molecule has 1 aromatic rings. The second-order valence-corrected chi connectivity index (χ2v) is 5.03. The van der Waals surface area contributed by atoms with Crippen LogP contribution in [0.3, 0.4) is 0 Å². The highest BCUT2D eigenvalue weighted by Gasteiger charge is 2.43. The number of rotatable bonds is 5. The number of aliphatic carboxylic acids is 1. The van der Waals surface area contributed by atoms with Crippen LogP contribution in [0.15, 0.2) is 30.3 Å². The number of ether oxygens (including phenoxy) is 3. The van der Waals surface area contributed by atoms with Crippen molar-refractivity contribution in [3.63, 3.8) is 0 Å². The van der Waals surface area contributed by atoms with Gasteiger partial charge in [-0.3, -0.25) is 0 Å². The van der Waals surface area contributed by atoms with Gasteiger partial charge in [-0.15, -0.1) is 0 Å². The second-order valence-electron chi connectivity index (χ2n) is 5.03. The summed E-state index contributed by atoms with van der Waals surface area (Å²) in [5, 5.41) is 9.24. The Balaban J connectivity index is 2.08. The standard InChI is InChI=1S/C15H20O5/c1-10-8-19-14(15(16)17)13(12(10)18-2)20-9-11-6-4-3-5-7-11/h3-7,10,12-14H,8-9H2,1-2H3,(H,16,17)/t10-,12-,13+,14+/m0/s1. The third kappa shape index (κ3) is 3.36. The first-order chi connectivity index (χ1) is 9.63. The number of carboxylic acid groups (broad SMARTS) is 1. The van der Waals surface area contributed by atoms with Gasteiger partial charge in [-0.25, -0.2) is 4.79 Å². The molecule has 1 heterocycles. The number of hydrogen-bond donors (Lipinski definition) is 1. The van der Waals surface area contributed by atoms with Gasteiger partial charge >= 0.3 is 5.97 Å². The molecule has 0 amide bonds. The molecule has 1 fully saturated rings. The van der Waals surface area contributed by atoms with Crippen molar-refractivity contribution >= 4 is 5.97 Å². The highest BCUT2D eigenvalue weighted by Crippen LogP contribution is 2.26. The summed E-state index contributed by atoms with van der Waals surface area (Å²) < 4.78 is 16.6. The third-order valence-electron chi connectivity index (χ3n) is 3.52. The van der Waals surface area contributed by atoms with E-state index in [0.29, 0.717) is 13.2 Å².